The summed E-state index contributed by atoms with van der Waals surface area (Å²) in [6.45, 7) is 7.40. The highest BCUT2D eigenvalue weighted by Gasteiger charge is 2.42. The predicted octanol–water partition coefficient (Wildman–Crippen LogP) is 1.44. The molecular weight excluding hydrogens is 298 g/mol. The third-order valence-corrected chi connectivity index (χ3v) is 6.80. The van der Waals surface area contributed by atoms with Crippen LogP contribution in [-0.2, 0) is 15.6 Å². The average molecular weight is 323 g/mol. The fraction of sp³-hybridized carbons (Fsp3) is 0.625. The number of rotatable bonds is 2. The van der Waals surface area contributed by atoms with E-state index in [2.05, 4.69) is 43.0 Å². The van der Waals surface area contributed by atoms with Crippen LogP contribution in [0.5, 0.6) is 0 Å². The van der Waals surface area contributed by atoms with E-state index in [-0.39, 0.29) is 11.5 Å². The van der Waals surface area contributed by atoms with Gasteiger partial charge in [-0.2, -0.15) is 17.0 Å². The van der Waals surface area contributed by atoms with Crippen LogP contribution in [0.4, 0.5) is 0 Å². The summed E-state index contributed by atoms with van der Waals surface area (Å²) in [5, 5.41) is 0. The summed E-state index contributed by atoms with van der Waals surface area (Å²) in [7, 11) is -0.148. The van der Waals surface area contributed by atoms with Crippen LogP contribution < -0.4 is 0 Å². The molecule has 6 heteroatoms. The predicted molar refractivity (Wildman–Crippen MR) is 88.0 cm³/mol. The molecule has 0 radical (unpaired) electrons. The van der Waals surface area contributed by atoms with Crippen molar-refractivity contribution in [2.75, 3.05) is 40.3 Å². The summed E-state index contributed by atoms with van der Waals surface area (Å²) in [5.41, 5.74) is 2.73. The van der Waals surface area contributed by atoms with Crippen LogP contribution >= 0.6 is 0 Å². The van der Waals surface area contributed by atoms with Crippen LogP contribution in [0.2, 0.25) is 0 Å². The number of fused-ring (bicyclic) bond motifs is 3. The Morgan fingerprint density at radius 2 is 1.86 bits per heavy atom. The minimum absolute atomic E-state index is 0.107. The van der Waals surface area contributed by atoms with Gasteiger partial charge in [0.2, 0.25) is 0 Å². The second-order valence-electron chi connectivity index (χ2n) is 7.11. The lowest BCUT2D eigenvalue weighted by atomic mass is 9.75. The topological polar surface area (TPSA) is 43.9 Å². The van der Waals surface area contributed by atoms with Gasteiger partial charge in [-0.05, 0) is 11.1 Å². The van der Waals surface area contributed by atoms with E-state index in [1.807, 2.05) is 0 Å². The van der Waals surface area contributed by atoms with Gasteiger partial charge in [0.05, 0.1) is 0 Å². The molecule has 1 fully saturated rings. The zero-order chi connectivity index (χ0) is 16.1. The van der Waals surface area contributed by atoms with E-state index in [1.54, 1.807) is 18.4 Å². The lowest BCUT2D eigenvalue weighted by Gasteiger charge is -2.49. The van der Waals surface area contributed by atoms with E-state index in [4.69, 9.17) is 0 Å². The molecule has 122 valence electrons. The first-order valence-corrected chi connectivity index (χ1v) is 9.14. The van der Waals surface area contributed by atoms with Crippen molar-refractivity contribution in [1.29, 1.82) is 0 Å². The van der Waals surface area contributed by atoms with E-state index in [0.717, 1.165) is 13.1 Å². The van der Waals surface area contributed by atoms with Crippen LogP contribution in [0.15, 0.2) is 24.3 Å². The Hall–Kier alpha value is -0.950. The smallest absolute Gasteiger partial charge is 0.281 e. The van der Waals surface area contributed by atoms with Crippen molar-refractivity contribution >= 4 is 10.2 Å². The Labute approximate surface area is 133 Å². The van der Waals surface area contributed by atoms with Crippen molar-refractivity contribution in [1.82, 2.24) is 13.5 Å². The molecule has 2 heterocycles. The summed E-state index contributed by atoms with van der Waals surface area (Å²) in [6.07, 6.45) is 0. The summed E-state index contributed by atoms with van der Waals surface area (Å²) < 4.78 is 27.8. The molecule has 0 aliphatic carbocycles. The molecular formula is C16H25N3O2S. The second kappa shape index (κ2) is 5.30. The SMILES string of the molecule is CN(C)S(=O)(=O)N1CCN2CC(C)(C)c3ccccc3C2C1. The number of hydrogen-bond donors (Lipinski definition) is 0. The number of benzene rings is 1. The molecule has 1 atom stereocenters. The van der Waals surface area contributed by atoms with Gasteiger partial charge < -0.3 is 0 Å². The Bertz CT molecular complexity index is 670. The molecule has 0 saturated carbocycles. The highest BCUT2D eigenvalue weighted by molar-refractivity contribution is 7.86. The maximum atomic E-state index is 12.4. The normalized spacial score (nSPS) is 25.8. The summed E-state index contributed by atoms with van der Waals surface area (Å²) in [5.74, 6) is 0. The Morgan fingerprint density at radius 3 is 2.55 bits per heavy atom. The fourth-order valence-electron chi connectivity index (χ4n) is 3.72. The molecule has 0 spiro atoms. The van der Waals surface area contributed by atoms with Crippen LogP contribution in [-0.4, -0.2) is 62.2 Å². The average Bonchev–Trinajstić information content (AvgIpc) is 2.46. The zero-order valence-electron chi connectivity index (χ0n) is 13.8. The number of nitrogens with zero attached hydrogens (tertiary/aromatic N) is 3. The summed E-state index contributed by atoms with van der Waals surface area (Å²) in [6, 6.07) is 8.63. The van der Waals surface area contributed by atoms with Crippen LogP contribution in [0.25, 0.3) is 0 Å². The van der Waals surface area contributed by atoms with E-state index < -0.39 is 10.2 Å². The Kier molecular flexibility index (Phi) is 3.84. The molecule has 3 rings (SSSR count). The summed E-state index contributed by atoms with van der Waals surface area (Å²) >= 11 is 0. The van der Waals surface area contributed by atoms with Crippen LogP contribution in [0.3, 0.4) is 0 Å². The largest absolute Gasteiger partial charge is 0.293 e. The van der Waals surface area contributed by atoms with Crippen molar-refractivity contribution in [2.45, 2.75) is 25.3 Å². The van der Waals surface area contributed by atoms with Gasteiger partial charge in [-0.15, -0.1) is 0 Å². The molecule has 5 nitrogen and oxygen atoms in total. The molecule has 0 aromatic heterocycles. The van der Waals surface area contributed by atoms with Gasteiger partial charge in [-0.3, -0.25) is 4.90 Å². The number of piperazine rings is 1. The standard InChI is InChI=1S/C16H25N3O2S/c1-16(2)12-18-9-10-19(22(20,21)17(3)4)11-15(18)13-7-5-6-8-14(13)16/h5-8,15H,9-12H2,1-4H3. The van der Waals surface area contributed by atoms with Gasteiger partial charge in [0, 0.05) is 51.7 Å². The van der Waals surface area contributed by atoms with Gasteiger partial charge in [0.1, 0.15) is 0 Å². The molecule has 1 aromatic carbocycles. The van der Waals surface area contributed by atoms with E-state index in [9.17, 15) is 8.42 Å². The highest BCUT2D eigenvalue weighted by Crippen LogP contribution is 2.41. The first-order valence-electron chi connectivity index (χ1n) is 7.74. The molecule has 2 aliphatic rings. The van der Waals surface area contributed by atoms with Gasteiger partial charge in [0.15, 0.2) is 0 Å². The summed E-state index contributed by atoms with van der Waals surface area (Å²) in [4.78, 5) is 2.43. The monoisotopic (exact) mass is 323 g/mol. The molecule has 1 saturated heterocycles. The van der Waals surface area contributed by atoms with Crippen LogP contribution in [0.1, 0.15) is 31.0 Å². The van der Waals surface area contributed by atoms with Crippen molar-refractivity contribution in [3.63, 3.8) is 0 Å². The van der Waals surface area contributed by atoms with Crippen molar-refractivity contribution in [3.05, 3.63) is 35.4 Å². The maximum Gasteiger partial charge on any atom is 0.281 e. The Morgan fingerprint density at radius 1 is 1.18 bits per heavy atom. The van der Waals surface area contributed by atoms with Gasteiger partial charge in [-0.25, -0.2) is 0 Å². The zero-order valence-corrected chi connectivity index (χ0v) is 14.6. The Balaban J connectivity index is 1.97. The third-order valence-electron chi connectivity index (χ3n) is 4.89. The van der Waals surface area contributed by atoms with Crippen LogP contribution in [0, 0.1) is 0 Å². The van der Waals surface area contributed by atoms with E-state index in [0.29, 0.717) is 13.1 Å². The number of hydrogen-bond acceptors (Lipinski definition) is 3. The molecule has 1 unspecified atom stereocenters. The van der Waals surface area contributed by atoms with E-state index >= 15 is 0 Å². The molecule has 1 aromatic rings. The lowest BCUT2D eigenvalue weighted by molar-refractivity contribution is 0.0788. The third kappa shape index (κ3) is 2.48. The van der Waals surface area contributed by atoms with Crippen molar-refractivity contribution in [2.24, 2.45) is 0 Å². The molecule has 0 amide bonds. The highest BCUT2D eigenvalue weighted by atomic mass is 32.2. The van der Waals surface area contributed by atoms with E-state index in [1.165, 1.54) is 15.4 Å². The van der Waals surface area contributed by atoms with Crippen molar-refractivity contribution < 1.29 is 8.42 Å². The quantitative estimate of drug-likeness (QED) is 0.827. The lowest BCUT2D eigenvalue weighted by Crippen LogP contribution is -2.57. The molecule has 0 bridgehead atoms. The molecule has 2 aliphatic heterocycles. The van der Waals surface area contributed by atoms with Gasteiger partial charge in [-0.1, -0.05) is 38.1 Å². The first-order chi connectivity index (χ1) is 10.2. The molecule has 0 N–H and O–H groups in total. The second-order valence-corrected chi connectivity index (χ2v) is 9.25. The maximum absolute atomic E-state index is 12.4. The molecule has 22 heavy (non-hydrogen) atoms. The van der Waals surface area contributed by atoms with Gasteiger partial charge >= 0.3 is 0 Å². The first kappa shape index (κ1) is 15.9. The fourth-order valence-corrected chi connectivity index (χ4v) is 4.82. The van der Waals surface area contributed by atoms with Gasteiger partial charge in [0.25, 0.3) is 10.2 Å². The van der Waals surface area contributed by atoms with Crippen molar-refractivity contribution in [3.8, 4) is 0 Å². The minimum atomic E-state index is -3.34. The minimum Gasteiger partial charge on any atom is -0.293 e.